The molecule has 2 aromatic rings. The summed E-state index contributed by atoms with van der Waals surface area (Å²) in [6.07, 6.45) is 0. The molecule has 1 aromatic heterocycles. The van der Waals surface area contributed by atoms with Crippen molar-refractivity contribution in [3.63, 3.8) is 0 Å². The lowest BCUT2D eigenvalue weighted by molar-refractivity contribution is 0.415. The first-order valence-corrected chi connectivity index (χ1v) is 5.32. The van der Waals surface area contributed by atoms with Crippen LogP contribution in [0, 0.1) is 6.92 Å². The van der Waals surface area contributed by atoms with Crippen molar-refractivity contribution in [2.75, 3.05) is 7.11 Å². The van der Waals surface area contributed by atoms with Crippen molar-refractivity contribution in [3.05, 3.63) is 27.3 Å². The van der Waals surface area contributed by atoms with E-state index in [1.54, 1.807) is 7.11 Å². The van der Waals surface area contributed by atoms with E-state index in [9.17, 15) is 0 Å². The summed E-state index contributed by atoms with van der Waals surface area (Å²) < 4.78 is 6.14. The number of rotatable bonds is 1. The second-order valence-electron chi connectivity index (χ2n) is 3.10. The maximum Gasteiger partial charge on any atom is 0.138 e. The number of fused-ring (bicyclic) bond motifs is 1. The van der Waals surface area contributed by atoms with E-state index in [4.69, 9.17) is 16.3 Å². The van der Waals surface area contributed by atoms with E-state index in [0.717, 1.165) is 21.1 Å². The van der Waals surface area contributed by atoms with Gasteiger partial charge in [0.15, 0.2) is 0 Å². The van der Waals surface area contributed by atoms with Crippen molar-refractivity contribution < 1.29 is 4.74 Å². The van der Waals surface area contributed by atoms with Crippen LogP contribution < -0.4 is 4.74 Å². The number of aryl methyl sites for hydroxylation is 1. The average Bonchev–Trinajstić information content (AvgIpc) is 2.41. The lowest BCUT2D eigenvalue weighted by Crippen LogP contribution is -1.83. The molecule has 0 spiro atoms. The van der Waals surface area contributed by atoms with E-state index < -0.39 is 0 Å². The third kappa shape index (κ3) is 1.41. The molecule has 1 aromatic carbocycles. The highest BCUT2D eigenvalue weighted by molar-refractivity contribution is 9.10. The van der Waals surface area contributed by atoms with Gasteiger partial charge in [0, 0.05) is 10.9 Å². The third-order valence-corrected chi connectivity index (χ3v) is 3.36. The molecule has 0 radical (unpaired) electrons. The van der Waals surface area contributed by atoms with Gasteiger partial charge in [0.25, 0.3) is 0 Å². The zero-order valence-electron chi connectivity index (χ0n) is 7.82. The highest BCUT2D eigenvalue weighted by Crippen LogP contribution is 2.33. The Morgan fingerprint density at radius 2 is 2.14 bits per heavy atom. The summed E-state index contributed by atoms with van der Waals surface area (Å²) in [6.45, 7) is 2.04. The minimum Gasteiger partial charge on any atom is -0.495 e. The van der Waals surface area contributed by atoms with E-state index in [2.05, 4.69) is 20.9 Å². The van der Waals surface area contributed by atoms with E-state index in [1.165, 1.54) is 0 Å². The number of methoxy groups -OCH3 is 1. The summed E-state index contributed by atoms with van der Waals surface area (Å²) in [5.41, 5.74) is 2.18. The van der Waals surface area contributed by atoms with Crippen LogP contribution in [0.2, 0.25) is 5.02 Å². The summed E-state index contributed by atoms with van der Waals surface area (Å²) in [4.78, 5) is 3.20. The smallest absolute Gasteiger partial charge is 0.138 e. The van der Waals surface area contributed by atoms with E-state index in [0.29, 0.717) is 10.8 Å². The second kappa shape index (κ2) is 3.48. The van der Waals surface area contributed by atoms with Crippen molar-refractivity contribution in [2.24, 2.45) is 0 Å². The van der Waals surface area contributed by atoms with Gasteiger partial charge in [0.05, 0.1) is 16.7 Å². The number of benzene rings is 1. The fourth-order valence-electron chi connectivity index (χ4n) is 1.45. The van der Waals surface area contributed by atoms with E-state index in [1.807, 2.05) is 19.1 Å². The molecule has 0 amide bonds. The van der Waals surface area contributed by atoms with Gasteiger partial charge in [-0.25, -0.2) is 0 Å². The molecule has 0 aliphatic rings. The van der Waals surface area contributed by atoms with Gasteiger partial charge in [-0.2, -0.15) is 0 Å². The number of nitrogens with one attached hydrogen (secondary N) is 1. The Morgan fingerprint density at radius 3 is 2.79 bits per heavy atom. The molecule has 14 heavy (non-hydrogen) atoms. The second-order valence-corrected chi connectivity index (χ2v) is 4.30. The highest BCUT2D eigenvalue weighted by Gasteiger charge is 2.09. The van der Waals surface area contributed by atoms with Gasteiger partial charge in [0.1, 0.15) is 5.75 Å². The number of halogens is 2. The quantitative estimate of drug-likeness (QED) is 0.838. The molecule has 0 fully saturated rings. The Hall–Kier alpha value is -0.670. The molecule has 0 unspecified atom stereocenters. The molecule has 2 rings (SSSR count). The maximum absolute atomic E-state index is 6.00. The van der Waals surface area contributed by atoms with Crippen LogP contribution in [0.5, 0.6) is 5.75 Å². The van der Waals surface area contributed by atoms with Crippen LogP contribution >= 0.6 is 27.5 Å². The van der Waals surface area contributed by atoms with Crippen LogP contribution in [0.3, 0.4) is 0 Å². The van der Waals surface area contributed by atoms with Gasteiger partial charge < -0.3 is 9.72 Å². The van der Waals surface area contributed by atoms with Crippen LogP contribution in [-0.4, -0.2) is 12.1 Å². The zero-order chi connectivity index (χ0) is 10.3. The number of aromatic nitrogens is 1. The first-order valence-electron chi connectivity index (χ1n) is 4.15. The van der Waals surface area contributed by atoms with Gasteiger partial charge in [-0.1, -0.05) is 11.6 Å². The molecule has 0 saturated carbocycles. The fourth-order valence-corrected chi connectivity index (χ4v) is 2.12. The summed E-state index contributed by atoms with van der Waals surface area (Å²) in [6, 6.07) is 3.81. The summed E-state index contributed by atoms with van der Waals surface area (Å²) >= 11 is 9.44. The Labute approximate surface area is 95.3 Å². The Bertz CT molecular complexity index is 492. The first-order chi connectivity index (χ1) is 6.63. The van der Waals surface area contributed by atoms with Crippen molar-refractivity contribution >= 4 is 38.4 Å². The molecular weight excluding hydrogens is 265 g/mol. The van der Waals surface area contributed by atoms with Crippen LogP contribution in [0.4, 0.5) is 0 Å². The van der Waals surface area contributed by atoms with Crippen molar-refractivity contribution in [3.8, 4) is 5.75 Å². The van der Waals surface area contributed by atoms with Crippen LogP contribution in [-0.2, 0) is 0 Å². The Morgan fingerprint density at radius 1 is 1.43 bits per heavy atom. The normalized spacial score (nSPS) is 10.9. The zero-order valence-corrected chi connectivity index (χ0v) is 10.2. The fraction of sp³-hybridized carbons (Fsp3) is 0.200. The SMILES string of the molecule is COc1cc2c(C)c(Br)[nH]c2cc1Cl. The molecular formula is C10H9BrClNO. The highest BCUT2D eigenvalue weighted by atomic mass is 79.9. The molecule has 1 N–H and O–H groups in total. The van der Waals surface area contributed by atoms with Crippen molar-refractivity contribution in [2.45, 2.75) is 6.92 Å². The number of H-pyrrole nitrogens is 1. The van der Waals surface area contributed by atoms with Gasteiger partial charge >= 0.3 is 0 Å². The first kappa shape index (κ1) is 9.87. The van der Waals surface area contributed by atoms with E-state index in [-0.39, 0.29) is 0 Å². The molecule has 0 bridgehead atoms. The largest absolute Gasteiger partial charge is 0.495 e. The van der Waals surface area contributed by atoms with Crippen LogP contribution in [0.25, 0.3) is 10.9 Å². The van der Waals surface area contributed by atoms with Gasteiger partial charge in [-0.15, -0.1) is 0 Å². The van der Waals surface area contributed by atoms with Gasteiger partial charge in [-0.05, 0) is 40.5 Å². The third-order valence-electron chi connectivity index (χ3n) is 2.27. The number of hydrogen-bond acceptors (Lipinski definition) is 1. The number of hydrogen-bond donors (Lipinski definition) is 1. The van der Waals surface area contributed by atoms with Gasteiger partial charge in [0.2, 0.25) is 0 Å². The molecule has 0 atom stereocenters. The lowest BCUT2D eigenvalue weighted by Gasteiger charge is -2.02. The molecule has 0 aliphatic carbocycles. The van der Waals surface area contributed by atoms with Crippen molar-refractivity contribution in [1.82, 2.24) is 4.98 Å². The number of aromatic amines is 1. The predicted octanol–water partition coefficient (Wildman–Crippen LogP) is 3.90. The summed E-state index contributed by atoms with van der Waals surface area (Å²) in [7, 11) is 1.62. The van der Waals surface area contributed by atoms with Crippen LogP contribution in [0.15, 0.2) is 16.7 Å². The molecule has 1 heterocycles. The van der Waals surface area contributed by atoms with Gasteiger partial charge in [-0.3, -0.25) is 0 Å². The molecule has 0 saturated heterocycles. The van der Waals surface area contributed by atoms with Crippen LogP contribution in [0.1, 0.15) is 5.56 Å². The predicted molar refractivity (Wildman–Crippen MR) is 62.3 cm³/mol. The molecule has 4 heteroatoms. The lowest BCUT2D eigenvalue weighted by atomic mass is 10.2. The Balaban J connectivity index is 2.80. The standard InChI is InChI=1S/C10H9BrClNO/c1-5-6-3-9(14-2)7(12)4-8(6)13-10(5)11/h3-4,13H,1-2H3. The molecule has 74 valence electrons. The molecule has 0 aliphatic heterocycles. The average molecular weight is 275 g/mol. The monoisotopic (exact) mass is 273 g/mol. The maximum atomic E-state index is 6.00. The summed E-state index contributed by atoms with van der Waals surface area (Å²) in [5, 5.41) is 1.74. The van der Waals surface area contributed by atoms with E-state index >= 15 is 0 Å². The molecule has 2 nitrogen and oxygen atoms in total. The Kier molecular flexibility index (Phi) is 2.45. The number of ether oxygens (including phenoxy) is 1. The minimum absolute atomic E-state index is 0.619. The minimum atomic E-state index is 0.619. The van der Waals surface area contributed by atoms with Crippen molar-refractivity contribution in [1.29, 1.82) is 0 Å². The summed E-state index contributed by atoms with van der Waals surface area (Å²) in [5.74, 6) is 0.703. The topological polar surface area (TPSA) is 25.0 Å².